The highest BCUT2D eigenvalue weighted by molar-refractivity contribution is 9.10. The normalized spacial score (nSPS) is 10.7. The van der Waals surface area contributed by atoms with Crippen molar-refractivity contribution in [1.29, 1.82) is 0 Å². The van der Waals surface area contributed by atoms with Gasteiger partial charge in [-0.25, -0.2) is 4.98 Å². The maximum Gasteiger partial charge on any atom is 0.181 e. The number of oxazole rings is 1. The molecule has 1 N–H and O–H groups in total. The van der Waals surface area contributed by atoms with Crippen molar-refractivity contribution < 1.29 is 4.42 Å². The number of rotatable bonds is 3. The maximum absolute atomic E-state index is 5.47. The predicted octanol–water partition coefficient (Wildman–Crippen LogP) is 3.13. The monoisotopic (exact) mass is 280 g/mol. The van der Waals surface area contributed by atoms with E-state index >= 15 is 0 Å². The zero-order valence-corrected chi connectivity index (χ0v) is 10.8. The molecule has 1 aromatic heterocycles. The lowest BCUT2D eigenvalue weighted by atomic mass is 10.1. The first kappa shape index (κ1) is 11.4. The fraction of sp³-hybridized carbons (Fsp3) is 0.250. The Labute approximate surface area is 103 Å². The molecule has 3 nitrogen and oxygen atoms in total. The van der Waals surface area contributed by atoms with Crippen LogP contribution in [0.5, 0.6) is 0 Å². The molecule has 0 unspecified atom stereocenters. The summed E-state index contributed by atoms with van der Waals surface area (Å²) in [6, 6.07) is 6.13. The summed E-state index contributed by atoms with van der Waals surface area (Å²) >= 11 is 3.47. The highest BCUT2D eigenvalue weighted by atomic mass is 79.9. The van der Waals surface area contributed by atoms with Crippen molar-refractivity contribution >= 4 is 15.9 Å². The molecule has 0 aliphatic rings. The van der Waals surface area contributed by atoms with Crippen molar-refractivity contribution in [1.82, 2.24) is 10.3 Å². The zero-order valence-electron chi connectivity index (χ0n) is 9.25. The molecule has 4 heteroatoms. The number of hydrogen-bond donors (Lipinski definition) is 1. The first-order chi connectivity index (χ1) is 7.72. The number of nitrogens with one attached hydrogen (secondary N) is 1. The van der Waals surface area contributed by atoms with Crippen LogP contribution in [0.1, 0.15) is 11.3 Å². The Bertz CT molecular complexity index is 494. The number of aromatic nitrogens is 1. The van der Waals surface area contributed by atoms with Gasteiger partial charge in [0.1, 0.15) is 5.69 Å². The molecule has 1 aromatic carbocycles. The average Bonchev–Trinajstić information content (AvgIpc) is 2.70. The highest BCUT2D eigenvalue weighted by Gasteiger charge is 2.12. The molecule has 0 atom stereocenters. The van der Waals surface area contributed by atoms with Gasteiger partial charge in [-0.2, -0.15) is 0 Å². The van der Waals surface area contributed by atoms with E-state index in [9.17, 15) is 0 Å². The molecule has 0 bridgehead atoms. The van der Waals surface area contributed by atoms with Crippen molar-refractivity contribution in [2.24, 2.45) is 0 Å². The SMILES string of the molecule is CNCc1ncoc1-c1cc(Br)ccc1C. The van der Waals surface area contributed by atoms with Gasteiger partial charge in [0.15, 0.2) is 12.2 Å². The minimum absolute atomic E-state index is 0.706. The maximum atomic E-state index is 5.47. The molecule has 2 rings (SSSR count). The molecule has 0 aliphatic heterocycles. The van der Waals surface area contributed by atoms with Crippen LogP contribution in [0, 0.1) is 6.92 Å². The van der Waals surface area contributed by atoms with Crippen LogP contribution < -0.4 is 5.32 Å². The fourth-order valence-corrected chi connectivity index (χ4v) is 1.98. The Morgan fingerprint density at radius 2 is 2.25 bits per heavy atom. The second kappa shape index (κ2) is 4.80. The molecule has 2 aromatic rings. The third-order valence-corrected chi connectivity index (χ3v) is 2.92. The number of hydrogen-bond acceptors (Lipinski definition) is 3. The summed E-state index contributed by atoms with van der Waals surface area (Å²) in [6.45, 7) is 2.77. The van der Waals surface area contributed by atoms with Crippen LogP contribution in [0.3, 0.4) is 0 Å². The Kier molecular flexibility index (Phi) is 3.41. The fourth-order valence-electron chi connectivity index (χ4n) is 1.62. The van der Waals surface area contributed by atoms with Gasteiger partial charge in [0.05, 0.1) is 0 Å². The smallest absolute Gasteiger partial charge is 0.181 e. The van der Waals surface area contributed by atoms with Crippen LogP contribution in [0.4, 0.5) is 0 Å². The Morgan fingerprint density at radius 1 is 1.44 bits per heavy atom. The lowest BCUT2D eigenvalue weighted by molar-refractivity contribution is 0.570. The van der Waals surface area contributed by atoms with Gasteiger partial charge in [0, 0.05) is 16.6 Å². The van der Waals surface area contributed by atoms with Gasteiger partial charge in [0.25, 0.3) is 0 Å². The van der Waals surface area contributed by atoms with Gasteiger partial charge in [0.2, 0.25) is 0 Å². The summed E-state index contributed by atoms with van der Waals surface area (Å²) in [5.41, 5.74) is 3.19. The van der Waals surface area contributed by atoms with Gasteiger partial charge < -0.3 is 9.73 Å². The molecule has 1 heterocycles. The summed E-state index contributed by atoms with van der Waals surface area (Å²) in [5, 5.41) is 3.08. The molecule has 0 fully saturated rings. The molecule has 0 saturated heterocycles. The molecular formula is C12H13BrN2O. The van der Waals surface area contributed by atoms with E-state index in [0.717, 1.165) is 21.5 Å². The van der Waals surface area contributed by atoms with E-state index in [1.165, 1.54) is 12.0 Å². The lowest BCUT2D eigenvalue weighted by Crippen LogP contribution is -2.06. The first-order valence-electron chi connectivity index (χ1n) is 5.06. The van der Waals surface area contributed by atoms with Crippen molar-refractivity contribution in [3.63, 3.8) is 0 Å². The predicted molar refractivity (Wildman–Crippen MR) is 67.1 cm³/mol. The van der Waals surface area contributed by atoms with E-state index in [-0.39, 0.29) is 0 Å². The number of benzene rings is 1. The van der Waals surface area contributed by atoms with E-state index in [1.807, 2.05) is 13.1 Å². The molecule has 0 saturated carbocycles. The first-order valence-corrected chi connectivity index (χ1v) is 5.85. The summed E-state index contributed by atoms with van der Waals surface area (Å²) < 4.78 is 6.51. The van der Waals surface area contributed by atoms with E-state index in [2.05, 4.69) is 45.3 Å². The van der Waals surface area contributed by atoms with Gasteiger partial charge >= 0.3 is 0 Å². The van der Waals surface area contributed by atoms with Gasteiger partial charge in [-0.05, 0) is 31.7 Å². The quantitative estimate of drug-likeness (QED) is 0.939. The van der Waals surface area contributed by atoms with Gasteiger partial charge in [-0.15, -0.1) is 0 Å². The summed E-state index contributed by atoms with van der Waals surface area (Å²) in [4.78, 5) is 4.21. The van der Waals surface area contributed by atoms with E-state index in [1.54, 1.807) is 0 Å². The second-order valence-corrected chi connectivity index (χ2v) is 4.53. The molecule has 0 radical (unpaired) electrons. The largest absolute Gasteiger partial charge is 0.443 e. The van der Waals surface area contributed by atoms with Crippen LogP contribution in [-0.4, -0.2) is 12.0 Å². The van der Waals surface area contributed by atoms with Gasteiger partial charge in [-0.3, -0.25) is 0 Å². The van der Waals surface area contributed by atoms with Crippen LogP contribution >= 0.6 is 15.9 Å². The van der Waals surface area contributed by atoms with Crippen molar-refractivity contribution in [3.05, 3.63) is 40.3 Å². The molecule has 0 aliphatic carbocycles. The average molecular weight is 281 g/mol. The molecule has 16 heavy (non-hydrogen) atoms. The zero-order chi connectivity index (χ0) is 11.5. The Balaban J connectivity index is 2.49. The number of nitrogens with zero attached hydrogens (tertiary/aromatic N) is 1. The standard InChI is InChI=1S/C12H13BrN2O/c1-8-3-4-9(13)5-10(8)12-11(6-14-2)15-7-16-12/h3-5,7,14H,6H2,1-2H3. The second-order valence-electron chi connectivity index (χ2n) is 3.62. The van der Waals surface area contributed by atoms with Crippen LogP contribution in [0.2, 0.25) is 0 Å². The summed E-state index contributed by atoms with van der Waals surface area (Å²) in [5.74, 6) is 0.841. The summed E-state index contributed by atoms with van der Waals surface area (Å²) in [7, 11) is 1.90. The molecule has 0 amide bonds. The third kappa shape index (κ3) is 2.18. The van der Waals surface area contributed by atoms with Crippen molar-refractivity contribution in [3.8, 4) is 11.3 Å². The summed E-state index contributed by atoms with van der Waals surface area (Å²) in [6.07, 6.45) is 1.49. The molecule has 0 spiro atoms. The Morgan fingerprint density at radius 3 is 3.00 bits per heavy atom. The van der Waals surface area contributed by atoms with Crippen LogP contribution in [0.15, 0.2) is 33.5 Å². The minimum atomic E-state index is 0.706. The molecular weight excluding hydrogens is 268 g/mol. The number of halogens is 1. The van der Waals surface area contributed by atoms with Crippen molar-refractivity contribution in [2.75, 3.05) is 7.05 Å². The van der Waals surface area contributed by atoms with Crippen molar-refractivity contribution in [2.45, 2.75) is 13.5 Å². The molecule has 84 valence electrons. The lowest BCUT2D eigenvalue weighted by Gasteiger charge is -2.05. The van der Waals surface area contributed by atoms with E-state index < -0.39 is 0 Å². The van der Waals surface area contributed by atoms with Crippen LogP contribution in [0.25, 0.3) is 11.3 Å². The van der Waals surface area contributed by atoms with E-state index in [0.29, 0.717) is 6.54 Å². The van der Waals surface area contributed by atoms with Gasteiger partial charge in [-0.1, -0.05) is 22.0 Å². The highest BCUT2D eigenvalue weighted by Crippen LogP contribution is 2.29. The van der Waals surface area contributed by atoms with E-state index in [4.69, 9.17) is 4.42 Å². The Hall–Kier alpha value is -1.13. The van der Waals surface area contributed by atoms with Crippen LogP contribution in [-0.2, 0) is 6.54 Å². The topological polar surface area (TPSA) is 38.1 Å². The minimum Gasteiger partial charge on any atom is -0.443 e. The third-order valence-electron chi connectivity index (χ3n) is 2.43. The number of aryl methyl sites for hydroxylation is 1.